The van der Waals surface area contributed by atoms with E-state index in [0.717, 1.165) is 21.0 Å². The Labute approximate surface area is 233 Å². The molecule has 4 rings (SSSR count). The summed E-state index contributed by atoms with van der Waals surface area (Å²) in [5.41, 5.74) is -0.398. The molecule has 0 aliphatic rings. The maximum Gasteiger partial charge on any atom is 0.416 e. The summed E-state index contributed by atoms with van der Waals surface area (Å²) in [6.45, 7) is 3.26. The molecule has 4 aromatic rings. The van der Waals surface area contributed by atoms with Crippen LogP contribution in [0.25, 0.3) is 21.7 Å². The number of alkyl halides is 6. The molecule has 12 heteroatoms. The second kappa shape index (κ2) is 11.5. The van der Waals surface area contributed by atoms with Gasteiger partial charge in [0.1, 0.15) is 10.8 Å². The highest BCUT2D eigenvalue weighted by Crippen LogP contribution is 2.39. The van der Waals surface area contributed by atoms with Gasteiger partial charge in [0.25, 0.3) is 0 Å². The van der Waals surface area contributed by atoms with Crippen molar-refractivity contribution in [1.29, 1.82) is 0 Å². The first kappa shape index (κ1) is 29.5. The SMILES string of the molecule is Cc1cc(SCc2sc(-c3ccc(-c4cc(C(F)(F)F)cc(C(F)(F)F)c4)cc3)nc2C)ccc1OCC(=O)O. The van der Waals surface area contributed by atoms with Gasteiger partial charge >= 0.3 is 18.3 Å². The average Bonchev–Trinajstić information content (AvgIpc) is 3.26. The third-order valence-electron chi connectivity index (χ3n) is 5.81. The van der Waals surface area contributed by atoms with Crippen LogP contribution in [0.1, 0.15) is 27.3 Å². The molecular weight excluding hydrogens is 576 g/mol. The van der Waals surface area contributed by atoms with Crippen molar-refractivity contribution >= 4 is 29.1 Å². The molecule has 0 atom stereocenters. The van der Waals surface area contributed by atoms with Crippen LogP contribution in [0.4, 0.5) is 26.3 Å². The average molecular weight is 598 g/mol. The molecule has 210 valence electrons. The van der Waals surface area contributed by atoms with Crippen LogP contribution in [0, 0.1) is 13.8 Å². The number of carboxylic acids is 1. The Morgan fingerprint density at radius 1 is 0.875 bits per heavy atom. The van der Waals surface area contributed by atoms with Gasteiger partial charge in [-0.3, -0.25) is 0 Å². The van der Waals surface area contributed by atoms with Crippen LogP contribution in [0.3, 0.4) is 0 Å². The molecule has 4 nitrogen and oxygen atoms in total. The lowest BCUT2D eigenvalue weighted by Gasteiger charge is -2.14. The highest BCUT2D eigenvalue weighted by atomic mass is 32.2. The zero-order valence-electron chi connectivity index (χ0n) is 21.0. The summed E-state index contributed by atoms with van der Waals surface area (Å²) in [6, 6.07) is 13.2. The standard InChI is InChI=1S/C28H21F6NO3S2/c1-15-9-22(7-8-23(15)38-13-25(36)37)39-14-24-16(2)35-26(40-24)18-5-3-17(4-6-18)19-10-20(27(29,30)31)12-21(11-19)28(32,33)34/h3-12H,13-14H2,1-2H3,(H,36,37). The summed E-state index contributed by atoms with van der Waals surface area (Å²) >= 11 is 3.01. The first-order valence-electron chi connectivity index (χ1n) is 11.7. The fraction of sp³-hybridized carbons (Fsp3) is 0.214. The molecule has 0 aliphatic carbocycles. The maximum absolute atomic E-state index is 13.2. The topological polar surface area (TPSA) is 59.4 Å². The van der Waals surface area contributed by atoms with Crippen LogP contribution in [-0.4, -0.2) is 22.7 Å². The number of hydrogen-bond acceptors (Lipinski definition) is 5. The van der Waals surface area contributed by atoms with E-state index < -0.39 is 36.1 Å². The minimum absolute atomic E-state index is 0.110. The van der Waals surface area contributed by atoms with E-state index in [-0.39, 0.29) is 17.2 Å². The highest BCUT2D eigenvalue weighted by molar-refractivity contribution is 7.98. The van der Waals surface area contributed by atoms with E-state index in [1.807, 2.05) is 26.0 Å². The van der Waals surface area contributed by atoms with Crippen LogP contribution in [0.5, 0.6) is 5.75 Å². The molecule has 0 saturated carbocycles. The quantitative estimate of drug-likeness (QED) is 0.162. The van der Waals surface area contributed by atoms with E-state index >= 15 is 0 Å². The van der Waals surface area contributed by atoms with Gasteiger partial charge in [0.2, 0.25) is 0 Å². The van der Waals surface area contributed by atoms with Gasteiger partial charge in [-0.15, -0.1) is 23.1 Å². The molecule has 0 unspecified atom stereocenters. The second-order valence-corrected chi connectivity index (χ2v) is 10.9. The van der Waals surface area contributed by atoms with Crippen molar-refractivity contribution in [1.82, 2.24) is 4.98 Å². The number of aryl methyl sites for hydroxylation is 2. The number of hydrogen-bond donors (Lipinski definition) is 1. The number of benzene rings is 3. The van der Waals surface area contributed by atoms with Crippen molar-refractivity contribution in [2.75, 3.05) is 6.61 Å². The second-order valence-electron chi connectivity index (χ2n) is 8.80. The van der Waals surface area contributed by atoms with E-state index in [9.17, 15) is 31.1 Å². The Morgan fingerprint density at radius 3 is 2.02 bits per heavy atom. The van der Waals surface area contributed by atoms with Gasteiger partial charge in [0, 0.05) is 21.1 Å². The molecule has 0 radical (unpaired) electrons. The van der Waals surface area contributed by atoms with Gasteiger partial charge < -0.3 is 9.84 Å². The van der Waals surface area contributed by atoms with Gasteiger partial charge in [0.05, 0.1) is 16.8 Å². The number of rotatable bonds is 8. The van der Waals surface area contributed by atoms with Crippen molar-refractivity contribution in [2.24, 2.45) is 0 Å². The molecule has 3 aromatic carbocycles. The largest absolute Gasteiger partial charge is 0.482 e. The summed E-state index contributed by atoms with van der Waals surface area (Å²) in [5.74, 6) is 0.0438. The highest BCUT2D eigenvalue weighted by Gasteiger charge is 2.37. The van der Waals surface area contributed by atoms with Crippen molar-refractivity contribution < 1.29 is 41.0 Å². The third-order valence-corrected chi connectivity index (χ3v) is 8.22. The number of aromatic nitrogens is 1. The first-order valence-corrected chi connectivity index (χ1v) is 13.5. The van der Waals surface area contributed by atoms with E-state index in [2.05, 4.69) is 4.98 Å². The number of halogens is 6. The molecule has 1 aromatic heterocycles. The third kappa shape index (κ3) is 7.16. The predicted molar refractivity (Wildman–Crippen MR) is 142 cm³/mol. The molecule has 0 bridgehead atoms. The van der Waals surface area contributed by atoms with Gasteiger partial charge in [-0.05, 0) is 66.9 Å². The molecule has 0 saturated heterocycles. The van der Waals surface area contributed by atoms with E-state index in [1.165, 1.54) is 23.5 Å². The summed E-state index contributed by atoms with van der Waals surface area (Å²) in [6.07, 6.45) is -9.84. The number of thiazole rings is 1. The van der Waals surface area contributed by atoms with Crippen LogP contribution in [-0.2, 0) is 22.9 Å². The number of nitrogens with zero attached hydrogens (tertiary/aromatic N) is 1. The summed E-state index contributed by atoms with van der Waals surface area (Å²) in [4.78, 5) is 17.3. The number of thioether (sulfide) groups is 1. The molecule has 0 spiro atoms. The summed E-state index contributed by atoms with van der Waals surface area (Å²) in [5, 5.41) is 9.45. The number of carbonyl (C=O) groups is 1. The minimum Gasteiger partial charge on any atom is -0.482 e. The van der Waals surface area contributed by atoms with Gasteiger partial charge in [0.15, 0.2) is 6.61 Å². The van der Waals surface area contributed by atoms with Gasteiger partial charge in [-0.25, -0.2) is 9.78 Å². The Balaban J connectivity index is 1.51. The molecule has 1 heterocycles. The Hall–Kier alpha value is -3.51. The van der Waals surface area contributed by atoms with Crippen LogP contribution in [0.2, 0.25) is 0 Å². The lowest BCUT2D eigenvalue weighted by Crippen LogP contribution is -2.11. The summed E-state index contributed by atoms with van der Waals surface area (Å²) in [7, 11) is 0. The predicted octanol–water partition coefficient (Wildman–Crippen LogP) is 8.89. The summed E-state index contributed by atoms with van der Waals surface area (Å²) < 4.78 is 84.7. The van der Waals surface area contributed by atoms with Gasteiger partial charge in [-0.1, -0.05) is 24.3 Å². The molecule has 1 N–H and O–H groups in total. The molecule has 0 fully saturated rings. The lowest BCUT2D eigenvalue weighted by atomic mass is 9.98. The zero-order valence-corrected chi connectivity index (χ0v) is 22.6. The monoisotopic (exact) mass is 597 g/mol. The minimum atomic E-state index is -4.92. The van der Waals surface area contributed by atoms with E-state index in [0.29, 0.717) is 34.2 Å². The fourth-order valence-corrected chi connectivity index (χ4v) is 5.98. The van der Waals surface area contributed by atoms with E-state index in [1.54, 1.807) is 30.0 Å². The number of ether oxygens (including phenoxy) is 1. The Kier molecular flexibility index (Phi) is 8.50. The Morgan fingerprint density at radius 2 is 1.48 bits per heavy atom. The fourth-order valence-electron chi connectivity index (χ4n) is 3.77. The normalized spacial score (nSPS) is 12.0. The molecular formula is C28H21F6NO3S2. The van der Waals surface area contributed by atoms with Crippen molar-refractivity contribution in [3.8, 4) is 27.4 Å². The molecule has 40 heavy (non-hydrogen) atoms. The number of carboxylic acid groups (broad SMARTS) is 1. The molecule has 0 aliphatic heterocycles. The zero-order chi connectivity index (χ0) is 29.2. The van der Waals surface area contributed by atoms with Crippen LogP contribution < -0.4 is 4.74 Å². The van der Waals surface area contributed by atoms with Crippen LogP contribution in [0.15, 0.2) is 65.6 Å². The smallest absolute Gasteiger partial charge is 0.416 e. The van der Waals surface area contributed by atoms with Crippen LogP contribution >= 0.6 is 23.1 Å². The van der Waals surface area contributed by atoms with Gasteiger partial charge in [-0.2, -0.15) is 26.3 Å². The maximum atomic E-state index is 13.2. The van der Waals surface area contributed by atoms with Crippen molar-refractivity contribution in [2.45, 2.75) is 36.8 Å². The van der Waals surface area contributed by atoms with Crippen molar-refractivity contribution in [3.05, 3.63) is 87.9 Å². The lowest BCUT2D eigenvalue weighted by molar-refractivity contribution is -0.143. The number of aliphatic carboxylic acids is 1. The first-order chi connectivity index (χ1) is 18.7. The molecule has 0 amide bonds. The van der Waals surface area contributed by atoms with E-state index in [4.69, 9.17) is 9.84 Å². The van der Waals surface area contributed by atoms with Crippen molar-refractivity contribution in [3.63, 3.8) is 0 Å². The Bertz CT molecular complexity index is 1500.